The first-order valence-corrected chi connectivity index (χ1v) is 8.83. The number of H-pyrrole nitrogens is 1. The lowest BCUT2D eigenvalue weighted by Crippen LogP contribution is -2.13. The fourth-order valence-electron chi connectivity index (χ4n) is 2.68. The number of esters is 1. The van der Waals surface area contributed by atoms with E-state index in [1.807, 2.05) is 41.9 Å². The lowest BCUT2D eigenvalue weighted by atomic mass is 10.3. The van der Waals surface area contributed by atoms with Crippen molar-refractivity contribution in [2.45, 2.75) is 6.92 Å². The number of nitrogens with zero attached hydrogens (tertiary/aromatic N) is 2. The molecule has 0 atom stereocenters. The Kier molecular flexibility index (Phi) is 4.14. The topological polar surface area (TPSA) is 77.0 Å². The van der Waals surface area contributed by atoms with Gasteiger partial charge in [0.25, 0.3) is 0 Å². The van der Waals surface area contributed by atoms with Crippen LogP contribution in [-0.4, -0.2) is 33.1 Å². The molecular weight excluding hydrogens is 350 g/mol. The Balaban J connectivity index is 1.57. The van der Waals surface area contributed by atoms with Gasteiger partial charge >= 0.3 is 5.97 Å². The minimum Gasteiger partial charge on any atom is -0.453 e. The average molecular weight is 365 g/mol. The molecule has 0 aliphatic carbocycles. The highest BCUT2D eigenvalue weighted by Gasteiger charge is 2.19. The Labute approximate surface area is 153 Å². The van der Waals surface area contributed by atoms with Crippen molar-refractivity contribution < 1.29 is 14.3 Å². The van der Waals surface area contributed by atoms with E-state index in [1.165, 1.54) is 11.3 Å². The highest BCUT2D eigenvalue weighted by atomic mass is 32.1. The van der Waals surface area contributed by atoms with E-state index in [1.54, 1.807) is 24.4 Å². The molecule has 0 fully saturated rings. The first-order chi connectivity index (χ1) is 12.6. The van der Waals surface area contributed by atoms with Crippen LogP contribution in [0.25, 0.3) is 15.9 Å². The molecular formula is C19H15N3O3S. The third-order valence-corrected chi connectivity index (χ3v) is 5.07. The zero-order chi connectivity index (χ0) is 18.1. The average Bonchev–Trinajstić information content (AvgIpc) is 3.38. The standard InChI is InChI=1S/C19H15N3O3S/c1-12-14-10-17(19(24)25-11-16(23)15-8-5-9-20-15)26-18(14)22(21-12)13-6-3-2-4-7-13/h2-10,20H,11H2,1H3. The summed E-state index contributed by atoms with van der Waals surface area (Å²) in [5.74, 6) is -0.777. The maximum atomic E-state index is 12.3. The Hall–Kier alpha value is -3.19. The Morgan fingerprint density at radius 1 is 1.19 bits per heavy atom. The van der Waals surface area contributed by atoms with Gasteiger partial charge in [-0.15, -0.1) is 11.3 Å². The van der Waals surface area contributed by atoms with Gasteiger partial charge < -0.3 is 9.72 Å². The van der Waals surface area contributed by atoms with Crippen LogP contribution in [0.4, 0.5) is 0 Å². The molecule has 26 heavy (non-hydrogen) atoms. The number of Topliss-reactive ketones (excluding diaryl/α,β-unsaturated/α-hetero) is 1. The maximum absolute atomic E-state index is 12.3. The number of aromatic amines is 1. The minimum atomic E-state index is -0.509. The van der Waals surface area contributed by atoms with Crippen LogP contribution < -0.4 is 0 Å². The third kappa shape index (κ3) is 2.93. The van der Waals surface area contributed by atoms with Gasteiger partial charge in [-0.1, -0.05) is 18.2 Å². The van der Waals surface area contributed by atoms with Crippen LogP contribution in [0, 0.1) is 6.92 Å². The van der Waals surface area contributed by atoms with E-state index in [4.69, 9.17) is 4.74 Å². The quantitative estimate of drug-likeness (QED) is 0.431. The van der Waals surface area contributed by atoms with Crippen LogP contribution in [0.3, 0.4) is 0 Å². The predicted octanol–water partition coefficient (Wildman–Crippen LogP) is 3.76. The van der Waals surface area contributed by atoms with Crippen LogP contribution in [0.1, 0.15) is 25.9 Å². The number of ether oxygens (including phenoxy) is 1. The smallest absolute Gasteiger partial charge is 0.348 e. The lowest BCUT2D eigenvalue weighted by Gasteiger charge is -2.02. The monoisotopic (exact) mass is 365 g/mol. The molecule has 0 bridgehead atoms. The van der Waals surface area contributed by atoms with Crippen molar-refractivity contribution in [1.82, 2.24) is 14.8 Å². The largest absolute Gasteiger partial charge is 0.453 e. The molecule has 7 heteroatoms. The summed E-state index contributed by atoms with van der Waals surface area (Å²) in [5.41, 5.74) is 2.18. The van der Waals surface area contributed by atoms with Gasteiger partial charge in [0, 0.05) is 11.6 Å². The SMILES string of the molecule is Cc1nn(-c2ccccc2)c2sc(C(=O)OCC(=O)c3ccc[nH]3)cc12. The fourth-order valence-corrected chi connectivity index (χ4v) is 3.75. The second-order valence-corrected chi connectivity index (χ2v) is 6.78. The Bertz CT molecular complexity index is 1080. The zero-order valence-electron chi connectivity index (χ0n) is 13.9. The molecule has 0 saturated heterocycles. The van der Waals surface area contributed by atoms with Gasteiger partial charge in [0.15, 0.2) is 6.61 Å². The van der Waals surface area contributed by atoms with E-state index >= 15 is 0 Å². The molecule has 0 unspecified atom stereocenters. The summed E-state index contributed by atoms with van der Waals surface area (Å²) in [6.07, 6.45) is 1.65. The second-order valence-electron chi connectivity index (χ2n) is 5.75. The number of aryl methyl sites for hydroxylation is 1. The molecule has 0 spiro atoms. The summed E-state index contributed by atoms with van der Waals surface area (Å²) >= 11 is 1.30. The van der Waals surface area contributed by atoms with Crippen LogP contribution in [0.2, 0.25) is 0 Å². The van der Waals surface area contributed by atoms with Crippen LogP contribution in [-0.2, 0) is 4.74 Å². The van der Waals surface area contributed by atoms with Crippen LogP contribution >= 0.6 is 11.3 Å². The molecule has 0 saturated carbocycles. The van der Waals surface area contributed by atoms with E-state index in [9.17, 15) is 9.59 Å². The predicted molar refractivity (Wildman–Crippen MR) is 99.1 cm³/mol. The summed E-state index contributed by atoms with van der Waals surface area (Å²) in [6.45, 7) is 1.61. The number of benzene rings is 1. The number of nitrogens with one attached hydrogen (secondary N) is 1. The number of hydrogen-bond acceptors (Lipinski definition) is 5. The number of fused-ring (bicyclic) bond motifs is 1. The second kappa shape index (κ2) is 6.61. The summed E-state index contributed by atoms with van der Waals surface area (Å²) in [6, 6.07) is 14.9. The molecule has 0 aliphatic heterocycles. The van der Waals surface area contributed by atoms with E-state index < -0.39 is 5.97 Å². The number of para-hydroxylation sites is 1. The first kappa shape index (κ1) is 16.3. The molecule has 0 aliphatic rings. The van der Waals surface area contributed by atoms with E-state index in [-0.39, 0.29) is 12.4 Å². The molecule has 1 N–H and O–H groups in total. The van der Waals surface area contributed by atoms with Gasteiger partial charge in [-0.25, -0.2) is 9.48 Å². The number of ketones is 1. The summed E-state index contributed by atoms with van der Waals surface area (Å²) in [4.78, 5) is 28.4. The van der Waals surface area contributed by atoms with Crippen LogP contribution in [0.15, 0.2) is 54.7 Å². The molecule has 4 rings (SSSR count). The molecule has 3 aromatic heterocycles. The molecule has 0 radical (unpaired) electrons. The van der Waals surface area contributed by atoms with Crippen molar-refractivity contribution in [2.75, 3.05) is 6.61 Å². The van der Waals surface area contributed by atoms with Gasteiger partial charge in [0.2, 0.25) is 5.78 Å². The van der Waals surface area contributed by atoms with E-state index in [0.29, 0.717) is 10.6 Å². The number of carbonyl (C=O) groups excluding carboxylic acids is 2. The Morgan fingerprint density at radius 2 is 2.00 bits per heavy atom. The van der Waals surface area contributed by atoms with E-state index in [2.05, 4.69) is 10.1 Å². The number of carbonyl (C=O) groups is 2. The van der Waals surface area contributed by atoms with Gasteiger partial charge in [0.1, 0.15) is 9.71 Å². The summed E-state index contributed by atoms with van der Waals surface area (Å²) in [7, 11) is 0. The van der Waals surface area contributed by atoms with Crippen molar-refractivity contribution >= 4 is 33.3 Å². The van der Waals surface area contributed by atoms with Crippen molar-refractivity contribution in [3.8, 4) is 5.69 Å². The highest BCUT2D eigenvalue weighted by molar-refractivity contribution is 7.20. The normalized spacial score (nSPS) is 11.0. The van der Waals surface area contributed by atoms with Crippen molar-refractivity contribution in [3.63, 3.8) is 0 Å². The number of rotatable bonds is 5. The number of hydrogen-bond donors (Lipinski definition) is 1. The van der Waals surface area contributed by atoms with Crippen molar-refractivity contribution in [3.05, 3.63) is 71.0 Å². The molecule has 0 amide bonds. The summed E-state index contributed by atoms with van der Waals surface area (Å²) < 4.78 is 6.99. The maximum Gasteiger partial charge on any atom is 0.348 e. The van der Waals surface area contributed by atoms with Crippen molar-refractivity contribution in [1.29, 1.82) is 0 Å². The minimum absolute atomic E-state index is 0.267. The van der Waals surface area contributed by atoms with Crippen molar-refractivity contribution in [2.24, 2.45) is 0 Å². The molecule has 6 nitrogen and oxygen atoms in total. The molecule has 4 aromatic rings. The zero-order valence-corrected chi connectivity index (χ0v) is 14.7. The molecule has 130 valence electrons. The Morgan fingerprint density at radius 3 is 2.73 bits per heavy atom. The number of aromatic nitrogens is 3. The van der Waals surface area contributed by atoms with Gasteiger partial charge in [-0.05, 0) is 37.3 Å². The first-order valence-electron chi connectivity index (χ1n) is 8.02. The van der Waals surface area contributed by atoms with Gasteiger partial charge in [0.05, 0.1) is 17.1 Å². The number of thiophene rings is 1. The van der Waals surface area contributed by atoms with Crippen LogP contribution in [0.5, 0.6) is 0 Å². The van der Waals surface area contributed by atoms with E-state index in [0.717, 1.165) is 21.6 Å². The summed E-state index contributed by atoms with van der Waals surface area (Å²) in [5, 5.41) is 5.45. The molecule has 1 aromatic carbocycles. The lowest BCUT2D eigenvalue weighted by molar-refractivity contribution is 0.0478. The highest BCUT2D eigenvalue weighted by Crippen LogP contribution is 2.30. The van der Waals surface area contributed by atoms with Gasteiger partial charge in [-0.3, -0.25) is 4.79 Å². The fraction of sp³-hybridized carbons (Fsp3) is 0.105. The molecule has 3 heterocycles. The third-order valence-electron chi connectivity index (χ3n) is 3.98. The van der Waals surface area contributed by atoms with Gasteiger partial charge in [-0.2, -0.15) is 5.10 Å².